The molecule has 0 saturated carbocycles. The maximum atomic E-state index is 12.4. The number of hydrogen-bond donors (Lipinski definition) is 2. The number of thioether (sulfide) groups is 1. The van der Waals surface area contributed by atoms with Gasteiger partial charge in [0.2, 0.25) is 11.8 Å². The van der Waals surface area contributed by atoms with E-state index in [2.05, 4.69) is 27.4 Å². The van der Waals surface area contributed by atoms with Gasteiger partial charge < -0.3 is 24.7 Å². The van der Waals surface area contributed by atoms with Gasteiger partial charge in [-0.2, -0.15) is 0 Å². The van der Waals surface area contributed by atoms with Gasteiger partial charge in [0.25, 0.3) is 0 Å². The lowest BCUT2D eigenvalue weighted by Crippen LogP contribution is -2.23. The van der Waals surface area contributed by atoms with Gasteiger partial charge in [0.1, 0.15) is 0 Å². The van der Waals surface area contributed by atoms with Crippen LogP contribution in [0.2, 0.25) is 0 Å². The third-order valence-electron chi connectivity index (χ3n) is 5.11. The number of para-hydroxylation sites is 1. The minimum atomic E-state index is -0.287. The van der Waals surface area contributed by atoms with Crippen molar-refractivity contribution in [3.63, 3.8) is 0 Å². The van der Waals surface area contributed by atoms with Gasteiger partial charge in [-0.15, -0.1) is 16.8 Å². The topological polar surface area (TPSA) is 107 Å². The van der Waals surface area contributed by atoms with Crippen LogP contribution in [0.4, 0.5) is 5.69 Å². The number of ether oxygens (including phenoxy) is 2. The number of anilines is 1. The van der Waals surface area contributed by atoms with Gasteiger partial charge in [0.15, 0.2) is 22.5 Å². The fourth-order valence-corrected chi connectivity index (χ4v) is 4.02. The Labute approximate surface area is 214 Å². The Morgan fingerprint density at radius 2 is 1.89 bits per heavy atom. The maximum absolute atomic E-state index is 12.4. The molecule has 1 aromatic heterocycles. The molecule has 0 aliphatic carbocycles. The Hall–Kier alpha value is -4.05. The molecule has 0 unspecified atom stereocenters. The number of aryl methyl sites for hydroxylation is 1. The highest BCUT2D eigenvalue weighted by Crippen LogP contribution is 2.28. The second kappa shape index (κ2) is 13.1. The van der Waals surface area contributed by atoms with Crippen molar-refractivity contribution in [1.82, 2.24) is 20.1 Å². The summed E-state index contributed by atoms with van der Waals surface area (Å²) < 4.78 is 12.3. The van der Waals surface area contributed by atoms with Gasteiger partial charge >= 0.3 is 0 Å². The fourth-order valence-electron chi connectivity index (χ4n) is 3.25. The number of allylic oxidation sites excluding steroid dienone is 1. The van der Waals surface area contributed by atoms with E-state index in [1.807, 2.05) is 41.8 Å². The largest absolute Gasteiger partial charge is 0.493 e. The average Bonchev–Trinajstić information content (AvgIpc) is 3.27. The van der Waals surface area contributed by atoms with Crippen LogP contribution < -0.4 is 20.1 Å². The predicted molar refractivity (Wildman–Crippen MR) is 141 cm³/mol. The first-order valence-electron chi connectivity index (χ1n) is 11.1. The van der Waals surface area contributed by atoms with Gasteiger partial charge in [0, 0.05) is 18.3 Å². The molecule has 2 amide bonds. The molecular formula is C26H29N5O4S. The molecule has 0 saturated heterocycles. The van der Waals surface area contributed by atoms with Crippen molar-refractivity contribution >= 4 is 35.3 Å². The van der Waals surface area contributed by atoms with Gasteiger partial charge in [-0.3, -0.25) is 9.59 Å². The molecule has 2 aromatic carbocycles. The van der Waals surface area contributed by atoms with Gasteiger partial charge in [-0.25, -0.2) is 0 Å². The van der Waals surface area contributed by atoms with Crippen LogP contribution in [0.1, 0.15) is 17.0 Å². The number of methoxy groups -OCH3 is 2. The van der Waals surface area contributed by atoms with Crippen molar-refractivity contribution in [3.8, 4) is 11.5 Å². The van der Waals surface area contributed by atoms with Crippen molar-refractivity contribution in [2.75, 3.05) is 25.3 Å². The highest BCUT2D eigenvalue weighted by molar-refractivity contribution is 7.99. The SMILES string of the molecule is C=CCn1c(CNC(=O)C=Cc2ccc(OC)c(OC)c2)nnc1SCC(=O)Nc1ccccc1C. The van der Waals surface area contributed by atoms with Crippen LogP contribution in [0.15, 0.2) is 66.4 Å². The van der Waals surface area contributed by atoms with Crippen molar-refractivity contribution < 1.29 is 19.1 Å². The van der Waals surface area contributed by atoms with E-state index >= 15 is 0 Å². The van der Waals surface area contributed by atoms with Crippen LogP contribution in [0.5, 0.6) is 11.5 Å². The van der Waals surface area contributed by atoms with E-state index in [9.17, 15) is 9.59 Å². The minimum Gasteiger partial charge on any atom is -0.493 e. The summed E-state index contributed by atoms with van der Waals surface area (Å²) >= 11 is 1.27. The van der Waals surface area contributed by atoms with Crippen molar-refractivity contribution in [1.29, 1.82) is 0 Å². The van der Waals surface area contributed by atoms with Gasteiger partial charge in [-0.1, -0.05) is 42.1 Å². The van der Waals surface area contributed by atoms with E-state index in [0.717, 1.165) is 16.8 Å². The van der Waals surface area contributed by atoms with Crippen LogP contribution in [0.3, 0.4) is 0 Å². The predicted octanol–water partition coefficient (Wildman–Crippen LogP) is 3.85. The Morgan fingerprint density at radius 1 is 1.11 bits per heavy atom. The average molecular weight is 508 g/mol. The molecular weight excluding hydrogens is 478 g/mol. The summed E-state index contributed by atoms with van der Waals surface area (Å²) in [6.07, 6.45) is 4.82. The van der Waals surface area contributed by atoms with Crippen LogP contribution in [-0.4, -0.2) is 46.6 Å². The lowest BCUT2D eigenvalue weighted by molar-refractivity contribution is -0.116. The Morgan fingerprint density at radius 3 is 2.61 bits per heavy atom. The molecule has 0 radical (unpaired) electrons. The first-order chi connectivity index (χ1) is 17.4. The summed E-state index contributed by atoms with van der Waals surface area (Å²) in [6.45, 7) is 6.34. The zero-order chi connectivity index (χ0) is 25.9. The first-order valence-corrected chi connectivity index (χ1v) is 12.1. The zero-order valence-electron chi connectivity index (χ0n) is 20.5. The number of carbonyl (C=O) groups excluding carboxylic acids is 2. The van der Waals surface area contributed by atoms with Crippen LogP contribution in [0.25, 0.3) is 6.08 Å². The summed E-state index contributed by atoms with van der Waals surface area (Å²) in [5, 5.41) is 14.7. The van der Waals surface area contributed by atoms with Crippen molar-refractivity contribution in [2.24, 2.45) is 0 Å². The third-order valence-corrected chi connectivity index (χ3v) is 6.08. The normalized spacial score (nSPS) is 10.8. The molecule has 188 valence electrons. The molecule has 0 atom stereocenters. The Kier molecular flexibility index (Phi) is 9.70. The van der Waals surface area contributed by atoms with E-state index in [0.29, 0.717) is 29.0 Å². The summed E-state index contributed by atoms with van der Waals surface area (Å²) in [7, 11) is 3.12. The van der Waals surface area contributed by atoms with Crippen LogP contribution in [-0.2, 0) is 22.7 Å². The van der Waals surface area contributed by atoms with E-state index < -0.39 is 0 Å². The zero-order valence-corrected chi connectivity index (χ0v) is 21.3. The highest BCUT2D eigenvalue weighted by Gasteiger charge is 2.14. The molecule has 36 heavy (non-hydrogen) atoms. The number of nitrogens with one attached hydrogen (secondary N) is 2. The Bertz CT molecular complexity index is 1250. The summed E-state index contributed by atoms with van der Waals surface area (Å²) in [5.41, 5.74) is 2.56. The molecule has 0 bridgehead atoms. The van der Waals surface area contributed by atoms with Crippen LogP contribution in [0, 0.1) is 6.92 Å². The van der Waals surface area contributed by atoms with Gasteiger partial charge in [0.05, 0.1) is 26.5 Å². The quantitative estimate of drug-likeness (QED) is 0.218. The third kappa shape index (κ3) is 7.22. The summed E-state index contributed by atoms with van der Waals surface area (Å²) in [4.78, 5) is 24.8. The molecule has 1 heterocycles. The molecule has 0 aliphatic heterocycles. The number of rotatable bonds is 12. The lowest BCUT2D eigenvalue weighted by atomic mass is 10.2. The minimum absolute atomic E-state index is 0.141. The number of nitrogens with zero attached hydrogens (tertiary/aromatic N) is 3. The van der Waals surface area contributed by atoms with Gasteiger partial charge in [-0.05, 0) is 42.3 Å². The van der Waals surface area contributed by atoms with Crippen LogP contribution >= 0.6 is 11.8 Å². The number of benzene rings is 2. The molecule has 3 rings (SSSR count). The first kappa shape index (κ1) is 26.6. The molecule has 10 heteroatoms. The summed E-state index contributed by atoms with van der Waals surface area (Å²) in [5.74, 6) is 1.49. The summed E-state index contributed by atoms with van der Waals surface area (Å²) in [6, 6.07) is 13.0. The monoisotopic (exact) mass is 507 g/mol. The second-order valence-electron chi connectivity index (χ2n) is 7.62. The second-order valence-corrected chi connectivity index (χ2v) is 8.56. The van der Waals surface area contributed by atoms with E-state index in [4.69, 9.17) is 9.47 Å². The smallest absolute Gasteiger partial charge is 0.244 e. The van der Waals surface area contributed by atoms with Crippen molar-refractivity contribution in [2.45, 2.75) is 25.2 Å². The van der Waals surface area contributed by atoms with Crippen molar-refractivity contribution in [3.05, 3.63) is 78.1 Å². The molecule has 0 aliphatic rings. The maximum Gasteiger partial charge on any atom is 0.244 e. The standard InChI is InChI=1S/C26H29N5O4S/c1-5-14-31-23(16-27-24(32)13-11-19-10-12-21(34-3)22(15-19)35-4)29-30-26(31)36-17-25(33)28-20-9-7-6-8-18(20)2/h5-13,15H,1,14,16-17H2,2-4H3,(H,27,32)(H,28,33). The molecule has 2 N–H and O–H groups in total. The van der Waals surface area contributed by atoms with E-state index in [1.165, 1.54) is 17.8 Å². The number of carbonyl (C=O) groups is 2. The Balaban J connectivity index is 1.58. The number of aromatic nitrogens is 3. The highest BCUT2D eigenvalue weighted by atomic mass is 32.2. The number of hydrogen-bond acceptors (Lipinski definition) is 7. The molecule has 0 fully saturated rings. The number of amides is 2. The lowest BCUT2D eigenvalue weighted by Gasteiger charge is -2.09. The molecule has 0 spiro atoms. The fraction of sp³-hybridized carbons (Fsp3) is 0.231. The van der Waals surface area contributed by atoms with E-state index in [-0.39, 0.29) is 24.1 Å². The van der Waals surface area contributed by atoms with E-state index in [1.54, 1.807) is 38.5 Å². The molecule has 3 aromatic rings. The molecule has 9 nitrogen and oxygen atoms in total.